The molecule has 1 heterocycles. The third-order valence-corrected chi connectivity index (χ3v) is 4.53. The van der Waals surface area contributed by atoms with Gasteiger partial charge < -0.3 is 16.4 Å². The molecule has 0 unspecified atom stereocenters. The highest BCUT2D eigenvalue weighted by Crippen LogP contribution is 2.15. The first kappa shape index (κ1) is 25.7. The van der Waals surface area contributed by atoms with E-state index >= 15 is 0 Å². The van der Waals surface area contributed by atoms with E-state index in [0.717, 1.165) is 18.8 Å². The molecule has 4 N–H and O–H groups in total. The van der Waals surface area contributed by atoms with Gasteiger partial charge in [0.05, 0.1) is 12.6 Å². The summed E-state index contributed by atoms with van der Waals surface area (Å²) >= 11 is 0. The van der Waals surface area contributed by atoms with E-state index in [4.69, 9.17) is 5.73 Å². The van der Waals surface area contributed by atoms with Crippen molar-refractivity contribution in [1.82, 2.24) is 4.90 Å². The van der Waals surface area contributed by atoms with Crippen LogP contribution in [0.3, 0.4) is 0 Å². The lowest BCUT2D eigenvalue weighted by atomic mass is 10.1. The van der Waals surface area contributed by atoms with Crippen molar-refractivity contribution >= 4 is 48.0 Å². The summed E-state index contributed by atoms with van der Waals surface area (Å²) in [6, 6.07) is 6.62. The number of nitrogens with zero attached hydrogens (tertiary/aromatic N) is 1. The quantitative estimate of drug-likeness (QED) is 0.660. The average Bonchev–Trinajstić information content (AvgIpc) is 2.58. The first-order chi connectivity index (χ1) is 12.1. The smallest absolute Gasteiger partial charge is 0.241 e. The number of carbonyl (C=O) groups excluding carboxylic acids is 2. The van der Waals surface area contributed by atoms with E-state index in [0.29, 0.717) is 18.7 Å². The van der Waals surface area contributed by atoms with Gasteiger partial charge in [-0.25, -0.2) is 0 Å². The molecule has 1 atom stereocenters. The zero-order chi connectivity index (χ0) is 18.1. The lowest BCUT2D eigenvalue weighted by Crippen LogP contribution is -2.35. The van der Waals surface area contributed by atoms with Gasteiger partial charge in [-0.1, -0.05) is 26.2 Å². The Kier molecular flexibility index (Phi) is 13.1. The van der Waals surface area contributed by atoms with Gasteiger partial charge in [-0.05, 0) is 56.6 Å². The van der Waals surface area contributed by atoms with E-state index in [2.05, 4.69) is 15.5 Å². The van der Waals surface area contributed by atoms with Crippen LogP contribution >= 0.6 is 24.8 Å². The SMILES string of the molecule is CC[C@H](N)C(=O)Nc1ccc(NC(=O)CN2CCCCCCC2)cc1.Cl.Cl. The molecule has 0 spiro atoms. The fourth-order valence-electron chi connectivity index (χ4n) is 2.93. The highest BCUT2D eigenvalue weighted by molar-refractivity contribution is 5.95. The number of hydrogen-bond donors (Lipinski definition) is 3. The van der Waals surface area contributed by atoms with E-state index in [-0.39, 0.29) is 36.6 Å². The monoisotopic (exact) mass is 418 g/mol. The molecule has 0 aromatic heterocycles. The second kappa shape index (κ2) is 13.8. The maximum Gasteiger partial charge on any atom is 0.241 e. The standard InChI is InChI=1S/C19H30N4O2.2ClH/c1-2-17(20)19(25)22-16-10-8-15(9-11-16)21-18(24)14-23-12-6-4-3-5-7-13-23;;/h8-11,17H,2-7,12-14,20H2,1H3,(H,21,24)(H,22,25);2*1H/t17-;;/m0../s1. The van der Waals surface area contributed by atoms with Crippen LogP contribution in [0.5, 0.6) is 0 Å². The van der Waals surface area contributed by atoms with E-state index in [1.54, 1.807) is 24.3 Å². The van der Waals surface area contributed by atoms with Crippen LogP contribution in [0.1, 0.15) is 45.4 Å². The maximum atomic E-state index is 12.2. The van der Waals surface area contributed by atoms with Crippen molar-refractivity contribution in [3.05, 3.63) is 24.3 Å². The zero-order valence-corrected chi connectivity index (χ0v) is 17.5. The molecule has 1 aliphatic rings. The molecule has 0 bridgehead atoms. The second-order valence-corrected chi connectivity index (χ2v) is 6.67. The van der Waals surface area contributed by atoms with Gasteiger partial charge in [0.2, 0.25) is 11.8 Å². The van der Waals surface area contributed by atoms with Crippen molar-refractivity contribution < 1.29 is 9.59 Å². The minimum atomic E-state index is -0.503. The van der Waals surface area contributed by atoms with Crippen LogP contribution in [-0.2, 0) is 9.59 Å². The van der Waals surface area contributed by atoms with Crippen molar-refractivity contribution in [2.75, 3.05) is 30.3 Å². The highest BCUT2D eigenvalue weighted by Gasteiger charge is 2.13. The summed E-state index contributed by atoms with van der Waals surface area (Å²) in [6.07, 6.45) is 6.76. The average molecular weight is 419 g/mol. The molecule has 1 aliphatic heterocycles. The number of benzene rings is 1. The fourth-order valence-corrected chi connectivity index (χ4v) is 2.93. The van der Waals surface area contributed by atoms with Crippen molar-refractivity contribution in [3.8, 4) is 0 Å². The summed E-state index contributed by atoms with van der Waals surface area (Å²) in [7, 11) is 0. The minimum absolute atomic E-state index is 0. The number of rotatable bonds is 6. The number of nitrogens with one attached hydrogen (secondary N) is 2. The fraction of sp³-hybridized carbons (Fsp3) is 0.579. The molecular formula is C19H32Cl2N4O2. The van der Waals surface area contributed by atoms with Gasteiger partial charge in [-0.15, -0.1) is 24.8 Å². The van der Waals surface area contributed by atoms with Gasteiger partial charge in [0.25, 0.3) is 0 Å². The van der Waals surface area contributed by atoms with Crippen LogP contribution < -0.4 is 16.4 Å². The molecule has 0 saturated carbocycles. The van der Waals surface area contributed by atoms with Gasteiger partial charge in [-0.3, -0.25) is 14.5 Å². The summed E-state index contributed by atoms with van der Waals surface area (Å²) in [6.45, 7) is 4.30. The molecular weight excluding hydrogens is 387 g/mol. The number of amides is 2. The largest absolute Gasteiger partial charge is 0.325 e. The van der Waals surface area contributed by atoms with Crippen LogP contribution in [0, 0.1) is 0 Å². The van der Waals surface area contributed by atoms with Crippen molar-refractivity contribution in [3.63, 3.8) is 0 Å². The summed E-state index contributed by atoms with van der Waals surface area (Å²) in [4.78, 5) is 26.2. The number of halogens is 2. The van der Waals surface area contributed by atoms with Crippen LogP contribution in [0.25, 0.3) is 0 Å². The summed E-state index contributed by atoms with van der Waals surface area (Å²) < 4.78 is 0. The Morgan fingerprint density at radius 3 is 1.96 bits per heavy atom. The van der Waals surface area contributed by atoms with Crippen LogP contribution in [-0.4, -0.2) is 42.4 Å². The van der Waals surface area contributed by atoms with Crippen molar-refractivity contribution in [2.24, 2.45) is 5.73 Å². The molecule has 6 nitrogen and oxygen atoms in total. The third kappa shape index (κ3) is 9.42. The first-order valence-corrected chi connectivity index (χ1v) is 9.27. The van der Waals surface area contributed by atoms with Crippen molar-refractivity contribution in [2.45, 2.75) is 51.5 Å². The number of hydrogen-bond acceptors (Lipinski definition) is 4. The Morgan fingerprint density at radius 2 is 1.44 bits per heavy atom. The Balaban J connectivity index is 0.00000338. The minimum Gasteiger partial charge on any atom is -0.325 e. The lowest BCUT2D eigenvalue weighted by molar-refractivity contribution is -0.118. The molecule has 1 aromatic carbocycles. The van der Waals surface area contributed by atoms with E-state index in [1.165, 1.54) is 32.1 Å². The molecule has 1 aromatic rings. The number of carbonyl (C=O) groups is 2. The molecule has 8 heteroatoms. The molecule has 0 aliphatic carbocycles. The Labute approximate surface area is 174 Å². The van der Waals surface area contributed by atoms with E-state index < -0.39 is 6.04 Å². The maximum absolute atomic E-state index is 12.2. The molecule has 2 rings (SSSR count). The first-order valence-electron chi connectivity index (χ1n) is 9.27. The summed E-state index contributed by atoms with van der Waals surface area (Å²) in [5, 5.41) is 5.69. The molecule has 1 fully saturated rings. The zero-order valence-electron chi connectivity index (χ0n) is 15.9. The van der Waals surface area contributed by atoms with Crippen LogP contribution in [0.15, 0.2) is 24.3 Å². The molecule has 0 radical (unpaired) electrons. The second-order valence-electron chi connectivity index (χ2n) is 6.67. The van der Waals surface area contributed by atoms with Gasteiger partial charge in [0.1, 0.15) is 0 Å². The lowest BCUT2D eigenvalue weighted by Gasteiger charge is -2.23. The van der Waals surface area contributed by atoms with Crippen LogP contribution in [0.2, 0.25) is 0 Å². The summed E-state index contributed by atoms with van der Waals surface area (Å²) in [5.74, 6) is -0.193. The van der Waals surface area contributed by atoms with Gasteiger partial charge in [0.15, 0.2) is 0 Å². The number of likely N-dealkylation sites (tertiary alicyclic amines) is 1. The Bertz CT molecular complexity index is 561. The van der Waals surface area contributed by atoms with Gasteiger partial charge in [0, 0.05) is 11.4 Å². The van der Waals surface area contributed by atoms with Gasteiger partial charge >= 0.3 is 0 Å². The van der Waals surface area contributed by atoms with E-state index in [1.807, 2.05) is 6.92 Å². The highest BCUT2D eigenvalue weighted by atomic mass is 35.5. The predicted molar refractivity (Wildman–Crippen MR) is 116 cm³/mol. The molecule has 2 amide bonds. The Hall–Kier alpha value is -1.34. The normalized spacial score (nSPS) is 15.9. The molecule has 27 heavy (non-hydrogen) atoms. The number of anilines is 2. The van der Waals surface area contributed by atoms with Gasteiger partial charge in [-0.2, -0.15) is 0 Å². The Morgan fingerprint density at radius 1 is 0.963 bits per heavy atom. The topological polar surface area (TPSA) is 87.5 Å². The van der Waals surface area contributed by atoms with E-state index in [9.17, 15) is 9.59 Å². The molecule has 1 saturated heterocycles. The van der Waals surface area contributed by atoms with Crippen molar-refractivity contribution in [1.29, 1.82) is 0 Å². The molecule has 154 valence electrons. The van der Waals surface area contributed by atoms with Crippen LogP contribution in [0.4, 0.5) is 11.4 Å². The third-order valence-electron chi connectivity index (χ3n) is 4.53. The number of nitrogens with two attached hydrogens (primary N) is 1. The predicted octanol–water partition coefficient (Wildman–Crippen LogP) is 3.41. The summed E-state index contributed by atoms with van der Waals surface area (Å²) in [5.41, 5.74) is 7.10.